The number of nitrogen functional groups attached to an aromatic ring is 1. The molecule has 0 amide bonds. The smallest absolute Gasteiger partial charge is 0.149 e. The van der Waals surface area contributed by atoms with Crippen molar-refractivity contribution < 1.29 is 0 Å². The number of anilines is 2. The van der Waals surface area contributed by atoms with E-state index in [1.54, 1.807) is 12.3 Å². The Morgan fingerprint density at radius 3 is 2.88 bits per heavy atom. The van der Waals surface area contributed by atoms with Crippen molar-refractivity contribution in [2.45, 2.75) is 32.2 Å². The lowest BCUT2D eigenvalue weighted by atomic mass is 9.80. The number of rotatable bonds is 3. The fourth-order valence-electron chi connectivity index (χ4n) is 1.94. The lowest BCUT2D eigenvalue weighted by molar-refractivity contribution is 0.285. The van der Waals surface area contributed by atoms with Crippen LogP contribution >= 0.6 is 0 Å². The number of hydrogen-bond donors (Lipinski definition) is 2. The number of nitrogens with two attached hydrogens (primary N) is 1. The molecule has 1 atom stereocenters. The third-order valence-corrected chi connectivity index (χ3v) is 3.27. The lowest BCUT2D eigenvalue weighted by Gasteiger charge is -2.32. The summed E-state index contributed by atoms with van der Waals surface area (Å²) in [4.78, 5) is 4.17. The highest BCUT2D eigenvalue weighted by molar-refractivity contribution is 5.63. The zero-order valence-corrected chi connectivity index (χ0v) is 9.40. The highest BCUT2D eigenvalue weighted by Gasteiger charge is 2.24. The van der Waals surface area contributed by atoms with Gasteiger partial charge in [-0.05, 0) is 31.7 Å². The van der Waals surface area contributed by atoms with Crippen molar-refractivity contribution in [1.82, 2.24) is 4.98 Å². The summed E-state index contributed by atoms with van der Waals surface area (Å²) < 4.78 is 0. The predicted octanol–water partition coefficient (Wildman–Crippen LogP) is 2.14. The Hall–Kier alpha value is -1.76. The number of nitriles is 1. The van der Waals surface area contributed by atoms with Gasteiger partial charge in [0.15, 0.2) is 0 Å². The van der Waals surface area contributed by atoms with E-state index in [2.05, 4.69) is 17.2 Å². The molecule has 1 saturated carbocycles. The monoisotopic (exact) mass is 216 g/mol. The van der Waals surface area contributed by atoms with E-state index in [-0.39, 0.29) is 0 Å². The van der Waals surface area contributed by atoms with Crippen LogP contribution in [0.4, 0.5) is 11.5 Å². The molecule has 2 rings (SSSR count). The van der Waals surface area contributed by atoms with Crippen molar-refractivity contribution in [1.29, 1.82) is 5.26 Å². The molecule has 0 radical (unpaired) electrons. The van der Waals surface area contributed by atoms with E-state index < -0.39 is 0 Å². The average molecular weight is 216 g/mol. The molecule has 0 aliphatic heterocycles. The highest BCUT2D eigenvalue weighted by atomic mass is 15.0. The van der Waals surface area contributed by atoms with Crippen molar-refractivity contribution >= 4 is 11.5 Å². The predicted molar refractivity (Wildman–Crippen MR) is 63.8 cm³/mol. The minimum Gasteiger partial charge on any atom is -0.396 e. The largest absolute Gasteiger partial charge is 0.396 e. The number of pyridine rings is 1. The molecule has 16 heavy (non-hydrogen) atoms. The first-order valence-electron chi connectivity index (χ1n) is 5.63. The van der Waals surface area contributed by atoms with E-state index in [0.29, 0.717) is 23.1 Å². The summed E-state index contributed by atoms with van der Waals surface area (Å²) in [6.45, 7) is 2.16. The second-order valence-corrected chi connectivity index (χ2v) is 4.40. The van der Waals surface area contributed by atoms with E-state index in [0.717, 1.165) is 5.92 Å². The van der Waals surface area contributed by atoms with Crippen molar-refractivity contribution in [3.05, 3.63) is 17.8 Å². The zero-order chi connectivity index (χ0) is 11.5. The molecular formula is C12H16N4. The van der Waals surface area contributed by atoms with Crippen molar-refractivity contribution in [2.24, 2.45) is 5.92 Å². The van der Waals surface area contributed by atoms with Crippen LogP contribution in [0.25, 0.3) is 0 Å². The van der Waals surface area contributed by atoms with Gasteiger partial charge in [-0.2, -0.15) is 5.26 Å². The number of nitrogens with zero attached hydrogens (tertiary/aromatic N) is 2. The molecule has 1 aliphatic rings. The molecule has 0 saturated heterocycles. The maximum atomic E-state index is 8.70. The Balaban J connectivity index is 2.06. The van der Waals surface area contributed by atoms with Gasteiger partial charge < -0.3 is 11.1 Å². The third kappa shape index (κ3) is 2.08. The van der Waals surface area contributed by atoms with Gasteiger partial charge in [0.1, 0.15) is 11.9 Å². The second kappa shape index (κ2) is 4.40. The van der Waals surface area contributed by atoms with Crippen LogP contribution in [0, 0.1) is 17.2 Å². The maximum Gasteiger partial charge on any atom is 0.149 e. The fraction of sp³-hybridized carbons (Fsp3) is 0.500. The van der Waals surface area contributed by atoms with Crippen LogP contribution < -0.4 is 11.1 Å². The Bertz CT molecular complexity index is 418. The summed E-state index contributed by atoms with van der Waals surface area (Å²) in [6.07, 6.45) is 5.44. The van der Waals surface area contributed by atoms with Gasteiger partial charge in [0.05, 0.1) is 11.3 Å². The Labute approximate surface area is 95.5 Å². The molecule has 1 aromatic rings. The Morgan fingerprint density at radius 2 is 2.38 bits per heavy atom. The van der Waals surface area contributed by atoms with E-state index in [1.165, 1.54) is 19.3 Å². The lowest BCUT2D eigenvalue weighted by Crippen LogP contribution is -2.31. The molecule has 1 aromatic heterocycles. The molecule has 1 fully saturated rings. The van der Waals surface area contributed by atoms with Gasteiger partial charge in [-0.3, -0.25) is 0 Å². The second-order valence-electron chi connectivity index (χ2n) is 4.40. The first-order valence-corrected chi connectivity index (χ1v) is 5.63. The third-order valence-electron chi connectivity index (χ3n) is 3.27. The SMILES string of the molecule is CC(Nc1ncc(C#N)cc1N)C1CCC1. The van der Waals surface area contributed by atoms with E-state index in [1.807, 2.05) is 6.07 Å². The maximum absolute atomic E-state index is 8.70. The zero-order valence-electron chi connectivity index (χ0n) is 9.40. The van der Waals surface area contributed by atoms with E-state index in [9.17, 15) is 0 Å². The quantitative estimate of drug-likeness (QED) is 0.811. The van der Waals surface area contributed by atoms with Crippen LogP contribution in [0.15, 0.2) is 12.3 Å². The van der Waals surface area contributed by atoms with Crippen LogP contribution in [0.2, 0.25) is 0 Å². The highest BCUT2D eigenvalue weighted by Crippen LogP contribution is 2.31. The van der Waals surface area contributed by atoms with Gasteiger partial charge >= 0.3 is 0 Å². The Morgan fingerprint density at radius 1 is 1.62 bits per heavy atom. The molecule has 4 heteroatoms. The molecule has 1 heterocycles. The molecule has 84 valence electrons. The van der Waals surface area contributed by atoms with Crippen LogP contribution in [-0.2, 0) is 0 Å². The fourth-order valence-corrected chi connectivity index (χ4v) is 1.94. The van der Waals surface area contributed by atoms with Gasteiger partial charge in [-0.1, -0.05) is 6.42 Å². The van der Waals surface area contributed by atoms with Crippen LogP contribution in [0.1, 0.15) is 31.7 Å². The Kier molecular flexibility index (Phi) is 2.95. The molecule has 3 N–H and O–H groups in total. The molecule has 1 unspecified atom stereocenters. The number of aromatic nitrogens is 1. The van der Waals surface area contributed by atoms with Crippen molar-refractivity contribution in [3.8, 4) is 6.07 Å². The summed E-state index contributed by atoms with van der Waals surface area (Å²) in [6, 6.07) is 4.08. The summed E-state index contributed by atoms with van der Waals surface area (Å²) in [7, 11) is 0. The van der Waals surface area contributed by atoms with E-state index >= 15 is 0 Å². The summed E-state index contributed by atoms with van der Waals surface area (Å²) in [5.74, 6) is 1.43. The summed E-state index contributed by atoms with van der Waals surface area (Å²) in [5.41, 5.74) is 6.87. The molecule has 0 aromatic carbocycles. The van der Waals surface area contributed by atoms with Gasteiger partial charge in [-0.15, -0.1) is 0 Å². The van der Waals surface area contributed by atoms with Gasteiger partial charge in [0.25, 0.3) is 0 Å². The normalized spacial score (nSPS) is 17.2. The van der Waals surface area contributed by atoms with Crippen molar-refractivity contribution in [3.63, 3.8) is 0 Å². The molecule has 0 spiro atoms. The van der Waals surface area contributed by atoms with Crippen molar-refractivity contribution in [2.75, 3.05) is 11.1 Å². The number of nitrogens with one attached hydrogen (secondary N) is 1. The molecular weight excluding hydrogens is 200 g/mol. The minimum absolute atomic E-state index is 0.400. The van der Waals surface area contributed by atoms with Gasteiger partial charge in [0, 0.05) is 12.2 Å². The van der Waals surface area contributed by atoms with Crippen LogP contribution in [0.3, 0.4) is 0 Å². The average Bonchev–Trinajstić information content (AvgIpc) is 2.18. The van der Waals surface area contributed by atoms with E-state index in [4.69, 9.17) is 11.0 Å². The minimum atomic E-state index is 0.400. The topological polar surface area (TPSA) is 74.7 Å². The van der Waals surface area contributed by atoms with Gasteiger partial charge in [0.2, 0.25) is 0 Å². The van der Waals surface area contributed by atoms with Crippen LogP contribution in [-0.4, -0.2) is 11.0 Å². The molecule has 4 nitrogen and oxygen atoms in total. The summed E-state index contributed by atoms with van der Waals surface area (Å²) in [5, 5.41) is 12.0. The number of hydrogen-bond acceptors (Lipinski definition) is 4. The first kappa shape index (κ1) is 10.7. The first-order chi connectivity index (χ1) is 7.70. The summed E-state index contributed by atoms with van der Waals surface area (Å²) >= 11 is 0. The molecule has 0 bridgehead atoms. The standard InChI is InChI=1S/C12H16N4/c1-8(10-3-2-4-10)16-12-11(14)5-9(6-13)7-15-12/h5,7-8,10H,2-4,14H2,1H3,(H,15,16). The molecule has 1 aliphatic carbocycles. The van der Waals surface area contributed by atoms with Crippen LogP contribution in [0.5, 0.6) is 0 Å². The van der Waals surface area contributed by atoms with Gasteiger partial charge in [-0.25, -0.2) is 4.98 Å².